The van der Waals surface area contributed by atoms with Crippen molar-refractivity contribution in [2.24, 2.45) is 5.92 Å². The highest BCUT2D eigenvalue weighted by Gasteiger charge is 2.54. The van der Waals surface area contributed by atoms with E-state index >= 15 is 0 Å². The fourth-order valence-corrected chi connectivity index (χ4v) is 5.46. The van der Waals surface area contributed by atoms with Crippen molar-refractivity contribution < 1.29 is 18.8 Å². The highest BCUT2D eigenvalue weighted by atomic mass is 19.1. The highest BCUT2D eigenvalue weighted by molar-refractivity contribution is 5.95. The summed E-state index contributed by atoms with van der Waals surface area (Å²) in [6, 6.07) is 11.3. The van der Waals surface area contributed by atoms with Gasteiger partial charge in [-0.3, -0.25) is 14.5 Å². The first-order chi connectivity index (χ1) is 16.8. The molecule has 2 aromatic rings. The number of nitrogens with zero attached hydrogens (tertiary/aromatic N) is 3. The molecule has 3 unspecified atom stereocenters. The van der Waals surface area contributed by atoms with E-state index < -0.39 is 6.29 Å². The third-order valence-electron chi connectivity index (χ3n) is 7.19. The number of benzene rings is 2. The number of amides is 4. The summed E-state index contributed by atoms with van der Waals surface area (Å²) in [6.45, 7) is 3.96. The molecule has 2 heterocycles. The average Bonchev–Trinajstić information content (AvgIpc) is 3.15. The van der Waals surface area contributed by atoms with Crippen molar-refractivity contribution in [3.05, 3.63) is 65.0 Å². The van der Waals surface area contributed by atoms with Crippen molar-refractivity contribution in [1.29, 1.82) is 0 Å². The number of hydrogen-bond donors (Lipinski definition) is 2. The summed E-state index contributed by atoms with van der Waals surface area (Å²) in [6.07, 6.45) is 2.70. The van der Waals surface area contributed by atoms with Crippen LogP contribution in [-0.4, -0.2) is 51.5 Å². The number of carbonyl (C=O) groups is 3. The molecule has 0 radical (unpaired) electrons. The predicted molar refractivity (Wildman–Crippen MR) is 128 cm³/mol. The van der Waals surface area contributed by atoms with Crippen LogP contribution < -0.4 is 10.7 Å². The van der Waals surface area contributed by atoms with Crippen LogP contribution >= 0.6 is 0 Å². The van der Waals surface area contributed by atoms with Gasteiger partial charge >= 0.3 is 6.03 Å². The van der Waals surface area contributed by atoms with Crippen LogP contribution in [0.5, 0.6) is 0 Å². The molecular formula is C26H30FN5O3. The Morgan fingerprint density at radius 2 is 1.83 bits per heavy atom. The molecule has 3 atom stereocenters. The summed E-state index contributed by atoms with van der Waals surface area (Å²) >= 11 is 0. The third kappa shape index (κ3) is 4.48. The van der Waals surface area contributed by atoms with Crippen LogP contribution in [0.1, 0.15) is 42.4 Å². The quantitative estimate of drug-likeness (QED) is 0.688. The highest BCUT2D eigenvalue weighted by Crippen LogP contribution is 2.38. The number of anilines is 1. The van der Waals surface area contributed by atoms with Gasteiger partial charge in [-0.25, -0.2) is 14.2 Å². The van der Waals surface area contributed by atoms with E-state index in [4.69, 9.17) is 0 Å². The summed E-state index contributed by atoms with van der Waals surface area (Å²) in [4.78, 5) is 43.1. The molecule has 2 saturated heterocycles. The number of aryl methyl sites for hydroxylation is 2. The van der Waals surface area contributed by atoms with Crippen molar-refractivity contribution in [3.63, 3.8) is 0 Å². The Morgan fingerprint density at radius 1 is 1.09 bits per heavy atom. The van der Waals surface area contributed by atoms with Gasteiger partial charge in [0.15, 0.2) is 6.29 Å². The number of carbonyl (C=O) groups excluding carboxylic acids is 3. The van der Waals surface area contributed by atoms with E-state index in [0.29, 0.717) is 5.69 Å². The number of rotatable bonds is 5. The van der Waals surface area contributed by atoms with Crippen LogP contribution in [0, 0.1) is 25.6 Å². The second kappa shape index (κ2) is 9.30. The van der Waals surface area contributed by atoms with Gasteiger partial charge in [-0.2, -0.15) is 5.43 Å². The molecule has 5 rings (SSSR count). The standard InChI is InChI=1S/C26H30FN5O3/c1-16-7-12-21(17(2)13-16)28-23(33)15-31-26(35)32-22-6-4-3-5-20(22)24(34)30(25(32)29-31)14-18-8-10-19(27)11-9-18/h7-13,20,22,25,29H,3-6,14-15H2,1-2H3,(H,28,33). The topological polar surface area (TPSA) is 85.0 Å². The van der Waals surface area contributed by atoms with E-state index in [0.717, 1.165) is 42.4 Å². The lowest BCUT2D eigenvalue weighted by atomic mass is 9.81. The lowest BCUT2D eigenvalue weighted by Gasteiger charge is -2.48. The Hall–Kier alpha value is -3.46. The molecule has 2 N–H and O–H groups in total. The van der Waals surface area contributed by atoms with Crippen molar-refractivity contribution in [2.75, 3.05) is 11.9 Å². The van der Waals surface area contributed by atoms with Gasteiger partial charge in [0, 0.05) is 18.3 Å². The summed E-state index contributed by atoms with van der Waals surface area (Å²) < 4.78 is 13.4. The number of halogens is 1. The molecule has 0 aromatic heterocycles. The molecule has 0 spiro atoms. The van der Waals surface area contributed by atoms with E-state index in [9.17, 15) is 18.8 Å². The first-order valence-corrected chi connectivity index (χ1v) is 12.1. The molecule has 9 heteroatoms. The summed E-state index contributed by atoms with van der Waals surface area (Å²) in [5, 5.41) is 4.18. The largest absolute Gasteiger partial charge is 0.337 e. The lowest BCUT2D eigenvalue weighted by molar-refractivity contribution is -0.157. The van der Waals surface area contributed by atoms with Crippen LogP contribution in [0.15, 0.2) is 42.5 Å². The van der Waals surface area contributed by atoms with Crippen molar-refractivity contribution >= 4 is 23.5 Å². The van der Waals surface area contributed by atoms with Gasteiger partial charge < -0.3 is 10.2 Å². The molecule has 0 bridgehead atoms. The number of hydrazine groups is 1. The number of fused-ring (bicyclic) bond motifs is 3. The Morgan fingerprint density at radius 3 is 2.57 bits per heavy atom. The minimum Gasteiger partial charge on any atom is -0.324 e. The predicted octanol–water partition coefficient (Wildman–Crippen LogP) is 3.51. The van der Waals surface area contributed by atoms with E-state index in [1.54, 1.807) is 21.9 Å². The van der Waals surface area contributed by atoms with Gasteiger partial charge in [0.05, 0.1) is 5.92 Å². The van der Waals surface area contributed by atoms with Crippen LogP contribution in [0.3, 0.4) is 0 Å². The zero-order valence-electron chi connectivity index (χ0n) is 20.0. The SMILES string of the molecule is Cc1ccc(NC(=O)CN2NC3N(Cc4ccc(F)cc4)C(=O)C4CCCCC4N3C2=O)c(C)c1. The zero-order chi connectivity index (χ0) is 24.7. The van der Waals surface area contributed by atoms with E-state index in [-0.39, 0.29) is 48.7 Å². The van der Waals surface area contributed by atoms with Crippen LogP contribution in [0.25, 0.3) is 0 Å². The second-order valence-electron chi connectivity index (χ2n) is 9.70. The maximum absolute atomic E-state index is 13.5. The zero-order valence-corrected chi connectivity index (χ0v) is 20.0. The Labute approximate surface area is 204 Å². The molecule has 3 fully saturated rings. The smallest absolute Gasteiger partial charge is 0.324 e. The Kier molecular flexibility index (Phi) is 6.19. The third-order valence-corrected chi connectivity index (χ3v) is 7.19. The van der Waals surface area contributed by atoms with Crippen molar-refractivity contribution in [3.8, 4) is 0 Å². The number of hydrogen-bond acceptors (Lipinski definition) is 4. The normalized spacial score (nSPS) is 23.9. The first-order valence-electron chi connectivity index (χ1n) is 12.1. The molecule has 1 saturated carbocycles. The van der Waals surface area contributed by atoms with Crippen LogP contribution in [0.4, 0.5) is 14.9 Å². The maximum Gasteiger partial charge on any atom is 0.337 e. The molecular weight excluding hydrogens is 449 g/mol. The second-order valence-corrected chi connectivity index (χ2v) is 9.70. The van der Waals surface area contributed by atoms with Gasteiger partial charge in [0.1, 0.15) is 12.4 Å². The molecule has 8 nitrogen and oxygen atoms in total. The molecule has 2 aliphatic heterocycles. The molecule has 35 heavy (non-hydrogen) atoms. The summed E-state index contributed by atoms with van der Waals surface area (Å²) in [5.41, 5.74) is 6.62. The van der Waals surface area contributed by atoms with Crippen molar-refractivity contribution in [1.82, 2.24) is 20.2 Å². The van der Waals surface area contributed by atoms with Gasteiger partial charge in [0.2, 0.25) is 11.8 Å². The molecule has 2 aromatic carbocycles. The summed E-state index contributed by atoms with van der Waals surface area (Å²) in [7, 11) is 0. The fraction of sp³-hybridized carbons (Fsp3) is 0.423. The van der Waals surface area contributed by atoms with Gasteiger partial charge in [0.25, 0.3) is 0 Å². The monoisotopic (exact) mass is 479 g/mol. The van der Waals surface area contributed by atoms with E-state index in [2.05, 4.69) is 10.7 Å². The minimum absolute atomic E-state index is 0.0119. The minimum atomic E-state index is -0.687. The Balaban J connectivity index is 1.36. The average molecular weight is 480 g/mol. The van der Waals surface area contributed by atoms with E-state index in [1.807, 2.05) is 32.0 Å². The molecule has 4 amide bonds. The number of urea groups is 1. The molecule has 1 aliphatic carbocycles. The number of nitrogens with one attached hydrogen (secondary N) is 2. The molecule has 3 aliphatic rings. The van der Waals surface area contributed by atoms with Crippen molar-refractivity contribution in [2.45, 2.75) is 58.4 Å². The summed E-state index contributed by atoms with van der Waals surface area (Å²) in [5.74, 6) is -0.950. The van der Waals surface area contributed by atoms with Crippen LogP contribution in [0.2, 0.25) is 0 Å². The van der Waals surface area contributed by atoms with Gasteiger partial charge in [-0.1, -0.05) is 42.7 Å². The first kappa shape index (κ1) is 23.3. The van der Waals surface area contributed by atoms with Gasteiger partial charge in [-0.15, -0.1) is 0 Å². The Bertz CT molecular complexity index is 1150. The van der Waals surface area contributed by atoms with Crippen LogP contribution in [-0.2, 0) is 16.1 Å². The van der Waals surface area contributed by atoms with Gasteiger partial charge in [-0.05, 0) is 56.0 Å². The maximum atomic E-state index is 13.5. The molecule has 184 valence electrons. The van der Waals surface area contributed by atoms with E-state index in [1.165, 1.54) is 17.1 Å². The fourth-order valence-electron chi connectivity index (χ4n) is 5.46. The lowest BCUT2D eigenvalue weighted by Crippen LogP contribution is -2.65.